The molecule has 1 fully saturated rings. The van der Waals surface area contributed by atoms with Crippen LogP contribution in [-0.4, -0.2) is 35.8 Å². The van der Waals surface area contributed by atoms with Gasteiger partial charge in [0, 0.05) is 27.7 Å². The summed E-state index contributed by atoms with van der Waals surface area (Å²) >= 11 is 13.0. The van der Waals surface area contributed by atoms with Crippen molar-refractivity contribution in [1.29, 1.82) is 0 Å². The molecule has 1 heterocycles. The van der Waals surface area contributed by atoms with Gasteiger partial charge in [-0.05, 0) is 54.8 Å². The van der Waals surface area contributed by atoms with Crippen molar-refractivity contribution in [1.82, 2.24) is 15.7 Å². The highest BCUT2D eigenvalue weighted by atomic mass is 35.5. The number of fused-ring (bicyclic) bond motifs is 1. The first-order valence-corrected chi connectivity index (χ1v) is 13.7. The van der Waals surface area contributed by atoms with Gasteiger partial charge >= 0.3 is 0 Å². The van der Waals surface area contributed by atoms with Crippen molar-refractivity contribution in [3.63, 3.8) is 0 Å². The van der Waals surface area contributed by atoms with Gasteiger partial charge in [0.15, 0.2) is 0 Å². The van der Waals surface area contributed by atoms with Crippen LogP contribution in [0, 0.1) is 0 Å². The number of nitrogens with one attached hydrogen (secondary N) is 2. The average Bonchev–Trinajstić information content (AvgIpc) is 2.93. The molecule has 5 rings (SSSR count). The quantitative estimate of drug-likeness (QED) is 0.350. The predicted molar refractivity (Wildman–Crippen MR) is 149 cm³/mol. The monoisotopic (exact) mass is 551 g/mol. The van der Waals surface area contributed by atoms with Crippen molar-refractivity contribution >= 4 is 35.0 Å². The Labute approximate surface area is 233 Å². The molecule has 198 valence electrons. The van der Waals surface area contributed by atoms with Gasteiger partial charge in [0.1, 0.15) is 0 Å². The number of benzene rings is 3. The van der Waals surface area contributed by atoms with Gasteiger partial charge in [-0.2, -0.15) is 0 Å². The molecule has 1 saturated carbocycles. The molecule has 0 radical (unpaired) electrons. The SMILES string of the molecule is CN[C@H]1CCCCC1N1C(=O)c2ccccc2[C@@H](C(=O)NOCc2ccccc2)[C@@H]1c1ccc(Cl)cc1Cl. The van der Waals surface area contributed by atoms with Gasteiger partial charge in [0.25, 0.3) is 11.8 Å². The van der Waals surface area contributed by atoms with E-state index in [0.717, 1.165) is 31.2 Å². The second-order valence-corrected chi connectivity index (χ2v) is 10.7. The number of hydrogen-bond acceptors (Lipinski definition) is 4. The molecule has 1 aliphatic carbocycles. The fourth-order valence-electron chi connectivity index (χ4n) is 5.88. The number of likely N-dealkylation sites (N-methyl/N-ethyl adjacent to an activating group) is 1. The lowest BCUT2D eigenvalue weighted by Crippen LogP contribution is -2.58. The summed E-state index contributed by atoms with van der Waals surface area (Å²) in [6.45, 7) is 0.223. The van der Waals surface area contributed by atoms with Crippen LogP contribution < -0.4 is 10.8 Å². The molecule has 2 N–H and O–H groups in total. The molecule has 38 heavy (non-hydrogen) atoms. The van der Waals surface area contributed by atoms with Crippen LogP contribution in [0.1, 0.15) is 64.7 Å². The number of nitrogens with zero attached hydrogens (tertiary/aromatic N) is 1. The maximum Gasteiger partial charge on any atom is 0.255 e. The molecular formula is C30H31Cl2N3O3. The topological polar surface area (TPSA) is 70.7 Å². The van der Waals surface area contributed by atoms with Gasteiger partial charge in [0.2, 0.25) is 0 Å². The predicted octanol–water partition coefficient (Wildman–Crippen LogP) is 6.05. The summed E-state index contributed by atoms with van der Waals surface area (Å²) in [6, 6.07) is 21.6. The highest BCUT2D eigenvalue weighted by Crippen LogP contribution is 2.47. The van der Waals surface area contributed by atoms with Gasteiger partial charge in [-0.1, -0.05) is 90.6 Å². The molecule has 8 heteroatoms. The molecule has 0 aromatic heterocycles. The van der Waals surface area contributed by atoms with Crippen LogP contribution in [0.2, 0.25) is 10.0 Å². The minimum atomic E-state index is -0.738. The summed E-state index contributed by atoms with van der Waals surface area (Å²) < 4.78 is 0. The minimum absolute atomic E-state index is 0.0991. The fourth-order valence-corrected chi connectivity index (χ4v) is 6.40. The maximum absolute atomic E-state index is 14.2. The Morgan fingerprint density at radius 2 is 1.71 bits per heavy atom. The zero-order chi connectivity index (χ0) is 26.6. The van der Waals surface area contributed by atoms with Gasteiger partial charge in [-0.25, -0.2) is 5.48 Å². The van der Waals surface area contributed by atoms with Crippen molar-refractivity contribution in [3.05, 3.63) is 105 Å². The third-order valence-corrected chi connectivity index (χ3v) is 8.21. The number of carbonyl (C=O) groups excluding carboxylic acids is 2. The average molecular weight is 553 g/mol. The van der Waals surface area contributed by atoms with Crippen molar-refractivity contribution in [2.75, 3.05) is 7.05 Å². The molecule has 4 atom stereocenters. The number of halogens is 2. The zero-order valence-electron chi connectivity index (χ0n) is 21.2. The van der Waals surface area contributed by atoms with E-state index in [2.05, 4.69) is 10.8 Å². The first kappa shape index (κ1) is 26.7. The summed E-state index contributed by atoms with van der Waals surface area (Å²) in [5.41, 5.74) is 5.47. The number of amides is 2. The molecule has 2 amide bonds. The van der Waals surface area contributed by atoms with Crippen LogP contribution in [0.3, 0.4) is 0 Å². The zero-order valence-corrected chi connectivity index (χ0v) is 22.7. The minimum Gasteiger partial charge on any atom is -0.326 e. The molecule has 1 unspecified atom stereocenters. The third kappa shape index (κ3) is 5.32. The van der Waals surface area contributed by atoms with Crippen LogP contribution in [0.15, 0.2) is 72.8 Å². The number of carbonyl (C=O) groups is 2. The molecule has 0 saturated heterocycles. The molecule has 2 aliphatic rings. The van der Waals surface area contributed by atoms with E-state index < -0.39 is 12.0 Å². The maximum atomic E-state index is 14.2. The number of hydrogen-bond donors (Lipinski definition) is 2. The number of rotatable bonds is 7. The van der Waals surface area contributed by atoms with E-state index in [1.807, 2.05) is 66.5 Å². The second kappa shape index (κ2) is 11.9. The summed E-state index contributed by atoms with van der Waals surface area (Å²) in [7, 11) is 1.93. The Hall–Kier alpha value is -2.90. The van der Waals surface area contributed by atoms with E-state index in [9.17, 15) is 9.59 Å². The Kier molecular flexibility index (Phi) is 8.34. The lowest BCUT2D eigenvalue weighted by atomic mass is 9.76. The Morgan fingerprint density at radius 1 is 0.974 bits per heavy atom. The molecule has 0 spiro atoms. The standard InChI is InChI=1S/C30H31Cl2N3O3/c1-33-25-13-7-8-14-26(25)35-28(23-16-15-20(31)17-24(23)32)27(21-11-5-6-12-22(21)30(35)37)29(36)34-38-18-19-9-3-2-4-10-19/h2-6,9-12,15-17,25-28,33H,7-8,13-14,18H2,1H3,(H,34,36)/t25-,26?,27+,28-/m0/s1. The summed E-state index contributed by atoms with van der Waals surface area (Å²) in [4.78, 5) is 35.7. The second-order valence-electron chi connectivity index (χ2n) is 9.88. The van der Waals surface area contributed by atoms with Gasteiger partial charge < -0.3 is 10.2 Å². The van der Waals surface area contributed by atoms with Crippen molar-refractivity contribution in [2.24, 2.45) is 0 Å². The van der Waals surface area contributed by atoms with E-state index >= 15 is 0 Å². The van der Waals surface area contributed by atoms with E-state index in [1.165, 1.54) is 0 Å². The summed E-state index contributed by atoms with van der Waals surface area (Å²) in [6.07, 6.45) is 3.88. The lowest BCUT2D eigenvalue weighted by Gasteiger charge is -2.49. The van der Waals surface area contributed by atoms with Crippen molar-refractivity contribution in [2.45, 2.75) is 56.3 Å². The van der Waals surface area contributed by atoms with E-state index in [-0.39, 0.29) is 30.5 Å². The third-order valence-electron chi connectivity index (χ3n) is 7.65. The molecular weight excluding hydrogens is 521 g/mol. The van der Waals surface area contributed by atoms with Crippen LogP contribution in [0.5, 0.6) is 0 Å². The highest BCUT2D eigenvalue weighted by molar-refractivity contribution is 6.35. The Morgan fingerprint density at radius 3 is 2.47 bits per heavy atom. The normalized spacial score (nSPS) is 23.1. The van der Waals surface area contributed by atoms with Gasteiger partial charge in [-0.3, -0.25) is 14.4 Å². The summed E-state index contributed by atoms with van der Waals surface area (Å²) in [5, 5.41) is 4.32. The molecule has 1 aliphatic heterocycles. The smallest absolute Gasteiger partial charge is 0.255 e. The van der Waals surface area contributed by atoms with Crippen LogP contribution in [-0.2, 0) is 16.2 Å². The molecule has 0 bridgehead atoms. The van der Waals surface area contributed by atoms with E-state index in [0.29, 0.717) is 26.7 Å². The summed E-state index contributed by atoms with van der Waals surface area (Å²) in [5.74, 6) is -1.17. The van der Waals surface area contributed by atoms with Crippen molar-refractivity contribution in [3.8, 4) is 0 Å². The van der Waals surface area contributed by atoms with Crippen LogP contribution in [0.4, 0.5) is 0 Å². The molecule has 3 aromatic rings. The number of hydroxylamine groups is 1. The van der Waals surface area contributed by atoms with Crippen LogP contribution in [0.25, 0.3) is 0 Å². The van der Waals surface area contributed by atoms with Gasteiger partial charge in [0.05, 0.1) is 18.6 Å². The van der Waals surface area contributed by atoms with Crippen LogP contribution >= 0.6 is 23.2 Å². The first-order chi connectivity index (χ1) is 18.5. The Balaban J connectivity index is 1.58. The lowest BCUT2D eigenvalue weighted by molar-refractivity contribution is -0.138. The highest BCUT2D eigenvalue weighted by Gasteiger charge is 2.49. The molecule has 3 aromatic carbocycles. The first-order valence-electron chi connectivity index (χ1n) is 13.0. The Bertz CT molecular complexity index is 1300. The molecule has 6 nitrogen and oxygen atoms in total. The van der Waals surface area contributed by atoms with Crippen molar-refractivity contribution < 1.29 is 14.4 Å². The van der Waals surface area contributed by atoms with E-state index in [1.54, 1.807) is 18.2 Å². The largest absolute Gasteiger partial charge is 0.326 e. The van der Waals surface area contributed by atoms with Gasteiger partial charge in [-0.15, -0.1) is 0 Å². The fraction of sp³-hybridized carbons (Fsp3) is 0.333. The van der Waals surface area contributed by atoms with E-state index in [4.69, 9.17) is 28.0 Å².